The highest BCUT2D eigenvalue weighted by Crippen LogP contribution is 2.27. The minimum absolute atomic E-state index is 0.104. The Hall–Kier alpha value is -2.50. The summed E-state index contributed by atoms with van der Waals surface area (Å²) in [6, 6.07) is 7.42. The van der Waals surface area contributed by atoms with Crippen molar-refractivity contribution in [2.45, 2.75) is 13.5 Å². The highest BCUT2D eigenvalue weighted by atomic mass is 19.1. The second-order valence-electron chi connectivity index (χ2n) is 4.05. The van der Waals surface area contributed by atoms with Crippen molar-refractivity contribution in [2.75, 3.05) is 5.32 Å². The van der Waals surface area contributed by atoms with Crippen molar-refractivity contribution >= 4 is 11.4 Å². The minimum Gasteiger partial charge on any atom is -0.373 e. The molecule has 0 saturated carbocycles. The number of hydrogen-bond donors (Lipinski definition) is 1. The molecule has 0 amide bonds. The van der Waals surface area contributed by atoms with Crippen LogP contribution in [0.2, 0.25) is 0 Å². The van der Waals surface area contributed by atoms with Crippen LogP contribution < -0.4 is 5.32 Å². The van der Waals surface area contributed by atoms with Gasteiger partial charge in [-0.05, 0) is 24.6 Å². The molecule has 2 rings (SSSR count). The van der Waals surface area contributed by atoms with Crippen molar-refractivity contribution in [3.05, 3.63) is 63.7 Å². The highest BCUT2D eigenvalue weighted by molar-refractivity contribution is 5.62. The van der Waals surface area contributed by atoms with Gasteiger partial charge in [0.15, 0.2) is 5.82 Å². The Kier molecular flexibility index (Phi) is 3.70. The van der Waals surface area contributed by atoms with E-state index in [4.69, 9.17) is 0 Å². The van der Waals surface area contributed by atoms with Crippen molar-refractivity contribution in [1.29, 1.82) is 0 Å². The van der Waals surface area contributed by atoms with E-state index < -0.39 is 10.7 Å². The van der Waals surface area contributed by atoms with Gasteiger partial charge < -0.3 is 5.32 Å². The Morgan fingerprint density at radius 3 is 2.79 bits per heavy atom. The van der Waals surface area contributed by atoms with Crippen molar-refractivity contribution in [3.8, 4) is 0 Å². The SMILES string of the molecule is Cc1ccc(CNc2c(F)cccc2[N+](=O)[O-])cn1. The Morgan fingerprint density at radius 1 is 1.37 bits per heavy atom. The molecule has 6 heteroatoms. The molecule has 0 fully saturated rings. The van der Waals surface area contributed by atoms with E-state index in [9.17, 15) is 14.5 Å². The van der Waals surface area contributed by atoms with E-state index in [-0.39, 0.29) is 17.9 Å². The Morgan fingerprint density at radius 2 is 2.16 bits per heavy atom. The molecule has 1 heterocycles. The number of nitrogens with one attached hydrogen (secondary N) is 1. The molecule has 2 aromatic rings. The van der Waals surface area contributed by atoms with Crippen LogP contribution in [-0.2, 0) is 6.54 Å². The average molecular weight is 261 g/mol. The van der Waals surface area contributed by atoms with E-state index in [1.54, 1.807) is 6.20 Å². The van der Waals surface area contributed by atoms with E-state index in [2.05, 4.69) is 10.3 Å². The van der Waals surface area contributed by atoms with Gasteiger partial charge in [-0.25, -0.2) is 4.39 Å². The number of aryl methyl sites for hydroxylation is 1. The summed E-state index contributed by atoms with van der Waals surface area (Å²) < 4.78 is 13.6. The van der Waals surface area contributed by atoms with Crippen LogP contribution in [0.5, 0.6) is 0 Å². The predicted molar refractivity (Wildman–Crippen MR) is 69.4 cm³/mol. The second-order valence-corrected chi connectivity index (χ2v) is 4.05. The van der Waals surface area contributed by atoms with E-state index in [1.807, 2.05) is 19.1 Å². The molecule has 1 N–H and O–H groups in total. The number of pyridine rings is 1. The van der Waals surface area contributed by atoms with Gasteiger partial charge in [0.1, 0.15) is 5.69 Å². The van der Waals surface area contributed by atoms with Crippen LogP contribution >= 0.6 is 0 Å². The number of hydrogen-bond acceptors (Lipinski definition) is 4. The summed E-state index contributed by atoms with van der Waals surface area (Å²) in [5.74, 6) is -0.644. The second kappa shape index (κ2) is 5.43. The summed E-state index contributed by atoms with van der Waals surface area (Å²) >= 11 is 0. The maximum Gasteiger partial charge on any atom is 0.295 e. The van der Waals surface area contributed by atoms with Gasteiger partial charge >= 0.3 is 0 Å². The van der Waals surface area contributed by atoms with Gasteiger partial charge in [0.25, 0.3) is 5.69 Å². The molecule has 0 aliphatic heterocycles. The van der Waals surface area contributed by atoms with Crippen LogP contribution in [0.3, 0.4) is 0 Å². The van der Waals surface area contributed by atoms with Crippen molar-refractivity contribution in [2.24, 2.45) is 0 Å². The summed E-state index contributed by atoms with van der Waals surface area (Å²) in [6.45, 7) is 2.13. The fourth-order valence-corrected chi connectivity index (χ4v) is 1.63. The van der Waals surface area contributed by atoms with Crippen LogP contribution in [0.4, 0.5) is 15.8 Å². The standard InChI is InChI=1S/C13H12FN3O2/c1-9-5-6-10(7-15-9)8-16-13-11(14)3-2-4-12(13)17(18)19/h2-7,16H,8H2,1H3. The van der Waals surface area contributed by atoms with Gasteiger partial charge in [0, 0.05) is 24.5 Å². The fourth-order valence-electron chi connectivity index (χ4n) is 1.63. The first kappa shape index (κ1) is 12.9. The van der Waals surface area contributed by atoms with Gasteiger partial charge in [-0.3, -0.25) is 15.1 Å². The quantitative estimate of drug-likeness (QED) is 0.678. The van der Waals surface area contributed by atoms with E-state index in [0.29, 0.717) is 0 Å². The smallest absolute Gasteiger partial charge is 0.295 e. The first-order valence-electron chi connectivity index (χ1n) is 5.66. The van der Waals surface area contributed by atoms with Crippen LogP contribution in [0, 0.1) is 22.9 Å². The molecule has 0 saturated heterocycles. The molecule has 0 atom stereocenters. The number of nitro benzene ring substituents is 1. The number of para-hydroxylation sites is 1. The Labute approximate surface area is 109 Å². The van der Waals surface area contributed by atoms with Crippen LogP contribution in [0.15, 0.2) is 36.5 Å². The highest BCUT2D eigenvalue weighted by Gasteiger charge is 2.17. The lowest BCUT2D eigenvalue weighted by Crippen LogP contribution is -2.05. The number of aromatic nitrogens is 1. The van der Waals surface area contributed by atoms with E-state index in [1.165, 1.54) is 18.2 Å². The summed E-state index contributed by atoms with van der Waals surface area (Å²) in [4.78, 5) is 14.3. The number of anilines is 1. The zero-order chi connectivity index (χ0) is 13.8. The third-order valence-corrected chi connectivity index (χ3v) is 2.63. The van der Waals surface area contributed by atoms with Crippen molar-refractivity contribution in [3.63, 3.8) is 0 Å². The van der Waals surface area contributed by atoms with Gasteiger partial charge in [-0.15, -0.1) is 0 Å². The Balaban J connectivity index is 2.19. The summed E-state index contributed by atoms with van der Waals surface area (Å²) in [5.41, 5.74) is 1.32. The van der Waals surface area contributed by atoms with Gasteiger partial charge in [-0.1, -0.05) is 12.1 Å². The number of halogens is 1. The first-order valence-corrected chi connectivity index (χ1v) is 5.66. The molecule has 0 aliphatic carbocycles. The maximum atomic E-state index is 13.6. The molecular weight excluding hydrogens is 249 g/mol. The number of rotatable bonds is 4. The monoisotopic (exact) mass is 261 g/mol. The largest absolute Gasteiger partial charge is 0.373 e. The Bertz CT molecular complexity index is 599. The molecule has 98 valence electrons. The molecule has 0 aliphatic rings. The number of nitrogens with zero attached hydrogens (tertiary/aromatic N) is 2. The lowest BCUT2D eigenvalue weighted by atomic mass is 10.2. The first-order chi connectivity index (χ1) is 9.08. The van der Waals surface area contributed by atoms with Gasteiger partial charge in [-0.2, -0.15) is 0 Å². The third-order valence-electron chi connectivity index (χ3n) is 2.63. The molecule has 0 spiro atoms. The molecule has 5 nitrogen and oxygen atoms in total. The summed E-state index contributed by atoms with van der Waals surface area (Å²) in [7, 11) is 0. The van der Waals surface area contributed by atoms with Gasteiger partial charge in [0.2, 0.25) is 0 Å². The lowest BCUT2D eigenvalue weighted by molar-refractivity contribution is -0.384. The summed E-state index contributed by atoms with van der Waals surface area (Å²) in [5, 5.41) is 13.6. The molecular formula is C13H12FN3O2. The zero-order valence-electron chi connectivity index (χ0n) is 10.3. The number of benzene rings is 1. The number of nitro groups is 1. The van der Waals surface area contributed by atoms with Crippen LogP contribution in [0.25, 0.3) is 0 Å². The van der Waals surface area contributed by atoms with Crippen molar-refractivity contribution in [1.82, 2.24) is 4.98 Å². The topological polar surface area (TPSA) is 68.1 Å². The van der Waals surface area contributed by atoms with Gasteiger partial charge in [0.05, 0.1) is 4.92 Å². The van der Waals surface area contributed by atoms with Crippen molar-refractivity contribution < 1.29 is 9.31 Å². The molecule has 19 heavy (non-hydrogen) atoms. The molecule has 0 radical (unpaired) electrons. The summed E-state index contributed by atoms with van der Waals surface area (Å²) in [6.07, 6.45) is 1.65. The van der Waals surface area contributed by atoms with Crippen LogP contribution in [0.1, 0.15) is 11.3 Å². The predicted octanol–water partition coefficient (Wildman–Crippen LogP) is 3.05. The third kappa shape index (κ3) is 3.04. The normalized spacial score (nSPS) is 10.2. The lowest BCUT2D eigenvalue weighted by Gasteiger charge is -2.08. The maximum absolute atomic E-state index is 13.6. The molecule has 0 unspecified atom stereocenters. The van der Waals surface area contributed by atoms with E-state index >= 15 is 0 Å². The average Bonchev–Trinajstić information content (AvgIpc) is 2.39. The fraction of sp³-hybridized carbons (Fsp3) is 0.154. The zero-order valence-corrected chi connectivity index (χ0v) is 10.3. The molecule has 0 bridgehead atoms. The minimum atomic E-state index is -0.644. The van der Waals surface area contributed by atoms with E-state index in [0.717, 1.165) is 11.3 Å². The van der Waals surface area contributed by atoms with Crippen LogP contribution in [-0.4, -0.2) is 9.91 Å². The molecule has 1 aromatic carbocycles. The molecule has 1 aromatic heterocycles.